The van der Waals surface area contributed by atoms with Crippen molar-refractivity contribution < 1.29 is 4.92 Å². The summed E-state index contributed by atoms with van der Waals surface area (Å²) in [5.74, 6) is 0. The fraction of sp³-hybridized carbons (Fsp3) is 0.385. The van der Waals surface area contributed by atoms with Crippen molar-refractivity contribution in [1.29, 1.82) is 0 Å². The predicted molar refractivity (Wildman–Crippen MR) is 68.5 cm³/mol. The highest BCUT2D eigenvalue weighted by Crippen LogP contribution is 2.21. The number of hydrogen-bond acceptors (Lipinski definition) is 3. The van der Waals surface area contributed by atoms with Gasteiger partial charge in [-0.15, -0.1) is 0 Å². The largest absolute Gasteiger partial charge is 0.372 e. The van der Waals surface area contributed by atoms with E-state index >= 15 is 0 Å². The third-order valence-corrected chi connectivity index (χ3v) is 3.03. The molecule has 4 heteroatoms. The highest BCUT2D eigenvalue weighted by atomic mass is 16.6. The van der Waals surface area contributed by atoms with Gasteiger partial charge < -0.3 is 4.90 Å². The van der Waals surface area contributed by atoms with Crippen LogP contribution in [0.2, 0.25) is 0 Å². The molecule has 0 bridgehead atoms. The Labute approximate surface area is 101 Å². The smallest absolute Gasteiger partial charge is 0.243 e. The molecular weight excluding hydrogens is 216 g/mol. The summed E-state index contributed by atoms with van der Waals surface area (Å²) in [4.78, 5) is 12.5. The lowest BCUT2D eigenvalue weighted by Crippen LogP contribution is -2.17. The van der Waals surface area contributed by atoms with Crippen LogP contribution in [0.1, 0.15) is 25.3 Å². The predicted octanol–water partition coefficient (Wildman–Crippen LogP) is 2.92. The van der Waals surface area contributed by atoms with Crippen LogP contribution >= 0.6 is 0 Å². The van der Waals surface area contributed by atoms with Gasteiger partial charge >= 0.3 is 0 Å². The SMILES string of the molecule is C/C(=C\c1ccc(N2CCCC2)cc1)[N+](=O)[O-]. The molecule has 1 aromatic carbocycles. The van der Waals surface area contributed by atoms with Crippen molar-refractivity contribution in [3.63, 3.8) is 0 Å². The molecule has 0 amide bonds. The van der Waals surface area contributed by atoms with Gasteiger partial charge in [0.25, 0.3) is 0 Å². The summed E-state index contributed by atoms with van der Waals surface area (Å²) in [6.07, 6.45) is 4.10. The molecule has 1 heterocycles. The summed E-state index contributed by atoms with van der Waals surface area (Å²) in [5.41, 5.74) is 2.25. The van der Waals surface area contributed by atoms with Crippen molar-refractivity contribution in [2.24, 2.45) is 0 Å². The van der Waals surface area contributed by atoms with Gasteiger partial charge in [-0.3, -0.25) is 10.1 Å². The minimum absolute atomic E-state index is 0.166. The zero-order valence-electron chi connectivity index (χ0n) is 9.93. The molecule has 1 aliphatic heterocycles. The molecule has 0 aromatic heterocycles. The molecule has 4 nitrogen and oxygen atoms in total. The molecule has 0 saturated carbocycles. The van der Waals surface area contributed by atoms with Gasteiger partial charge in [-0.25, -0.2) is 0 Å². The van der Waals surface area contributed by atoms with Gasteiger partial charge in [-0.1, -0.05) is 12.1 Å². The van der Waals surface area contributed by atoms with E-state index in [-0.39, 0.29) is 10.6 Å². The molecule has 0 aliphatic carbocycles. The zero-order chi connectivity index (χ0) is 12.3. The van der Waals surface area contributed by atoms with E-state index < -0.39 is 0 Å². The first-order valence-electron chi connectivity index (χ1n) is 5.84. The van der Waals surface area contributed by atoms with E-state index in [9.17, 15) is 10.1 Å². The number of nitro groups is 1. The normalized spacial score (nSPS) is 16.3. The van der Waals surface area contributed by atoms with Crippen LogP contribution in [0, 0.1) is 10.1 Å². The van der Waals surface area contributed by atoms with E-state index in [0.717, 1.165) is 18.7 Å². The van der Waals surface area contributed by atoms with E-state index in [1.807, 2.05) is 24.3 Å². The maximum atomic E-state index is 10.5. The van der Waals surface area contributed by atoms with Crippen LogP contribution in [0.3, 0.4) is 0 Å². The summed E-state index contributed by atoms with van der Waals surface area (Å²) >= 11 is 0. The van der Waals surface area contributed by atoms with Crippen LogP contribution in [0.5, 0.6) is 0 Å². The number of anilines is 1. The fourth-order valence-corrected chi connectivity index (χ4v) is 2.05. The van der Waals surface area contributed by atoms with Gasteiger partial charge in [0.1, 0.15) is 0 Å². The average molecular weight is 232 g/mol. The molecule has 0 spiro atoms. The lowest BCUT2D eigenvalue weighted by Gasteiger charge is -2.17. The molecule has 1 fully saturated rings. The summed E-state index contributed by atoms with van der Waals surface area (Å²) in [6.45, 7) is 3.74. The Kier molecular flexibility index (Phi) is 3.42. The van der Waals surface area contributed by atoms with Gasteiger partial charge in [0, 0.05) is 31.8 Å². The molecule has 0 N–H and O–H groups in total. The number of hydrogen-bond donors (Lipinski definition) is 0. The molecule has 2 rings (SSSR count). The van der Waals surface area contributed by atoms with Crippen molar-refractivity contribution >= 4 is 11.8 Å². The van der Waals surface area contributed by atoms with Crippen LogP contribution in [0.25, 0.3) is 6.08 Å². The summed E-state index contributed by atoms with van der Waals surface area (Å²) < 4.78 is 0. The van der Waals surface area contributed by atoms with Crippen molar-refractivity contribution in [2.75, 3.05) is 18.0 Å². The van der Waals surface area contributed by atoms with Crippen LogP contribution in [0.15, 0.2) is 30.0 Å². The second-order valence-electron chi connectivity index (χ2n) is 4.33. The summed E-state index contributed by atoms with van der Waals surface area (Å²) in [7, 11) is 0. The molecule has 90 valence electrons. The lowest BCUT2D eigenvalue weighted by atomic mass is 10.1. The Bertz CT molecular complexity index is 431. The van der Waals surface area contributed by atoms with Crippen molar-refractivity contribution in [3.8, 4) is 0 Å². The third-order valence-electron chi connectivity index (χ3n) is 3.03. The standard InChI is InChI=1S/C13H16N2O2/c1-11(15(16)17)10-12-4-6-13(7-5-12)14-8-2-3-9-14/h4-7,10H,2-3,8-9H2,1H3/b11-10+. The van der Waals surface area contributed by atoms with Crippen molar-refractivity contribution in [3.05, 3.63) is 45.6 Å². The minimum atomic E-state index is -0.367. The second-order valence-corrected chi connectivity index (χ2v) is 4.33. The van der Waals surface area contributed by atoms with E-state index in [2.05, 4.69) is 4.90 Å². The van der Waals surface area contributed by atoms with E-state index in [0.29, 0.717) is 0 Å². The topological polar surface area (TPSA) is 46.4 Å². The molecule has 0 atom stereocenters. The second kappa shape index (κ2) is 4.99. The van der Waals surface area contributed by atoms with Gasteiger partial charge in [0.2, 0.25) is 5.70 Å². The first kappa shape index (κ1) is 11.6. The number of nitrogens with zero attached hydrogens (tertiary/aromatic N) is 2. The Morgan fingerprint density at radius 3 is 2.41 bits per heavy atom. The summed E-state index contributed by atoms with van der Waals surface area (Å²) in [6, 6.07) is 7.93. The fourth-order valence-electron chi connectivity index (χ4n) is 2.05. The Hall–Kier alpha value is -1.84. The van der Waals surface area contributed by atoms with Crippen molar-refractivity contribution in [2.45, 2.75) is 19.8 Å². The Morgan fingerprint density at radius 2 is 1.88 bits per heavy atom. The third kappa shape index (κ3) is 2.84. The minimum Gasteiger partial charge on any atom is -0.372 e. The molecular formula is C13H16N2O2. The quantitative estimate of drug-likeness (QED) is 0.594. The number of rotatable bonds is 3. The monoisotopic (exact) mass is 232 g/mol. The zero-order valence-corrected chi connectivity index (χ0v) is 9.93. The Balaban J connectivity index is 2.12. The van der Waals surface area contributed by atoms with Crippen molar-refractivity contribution in [1.82, 2.24) is 0 Å². The van der Waals surface area contributed by atoms with E-state index in [4.69, 9.17) is 0 Å². The first-order valence-corrected chi connectivity index (χ1v) is 5.84. The maximum Gasteiger partial charge on any atom is 0.243 e. The van der Waals surface area contributed by atoms with Gasteiger partial charge in [0.15, 0.2) is 0 Å². The van der Waals surface area contributed by atoms with Crippen LogP contribution in [0.4, 0.5) is 5.69 Å². The maximum absolute atomic E-state index is 10.5. The van der Waals surface area contributed by atoms with Gasteiger partial charge in [0.05, 0.1) is 4.92 Å². The van der Waals surface area contributed by atoms with Gasteiger partial charge in [-0.2, -0.15) is 0 Å². The number of allylic oxidation sites excluding steroid dienone is 1. The summed E-state index contributed by atoms with van der Waals surface area (Å²) in [5, 5.41) is 10.5. The van der Waals surface area contributed by atoms with Crippen LogP contribution < -0.4 is 4.90 Å². The van der Waals surface area contributed by atoms with E-state index in [1.54, 1.807) is 6.08 Å². The molecule has 1 aromatic rings. The first-order chi connectivity index (χ1) is 8.16. The Morgan fingerprint density at radius 1 is 1.29 bits per heavy atom. The highest BCUT2D eigenvalue weighted by molar-refractivity contribution is 5.56. The number of benzene rings is 1. The van der Waals surface area contributed by atoms with Gasteiger partial charge in [-0.05, 0) is 30.5 Å². The molecule has 1 aliphatic rings. The van der Waals surface area contributed by atoms with Crippen LogP contribution in [-0.4, -0.2) is 18.0 Å². The molecule has 1 saturated heterocycles. The molecule has 17 heavy (non-hydrogen) atoms. The average Bonchev–Trinajstić information content (AvgIpc) is 2.83. The highest BCUT2D eigenvalue weighted by Gasteiger charge is 2.11. The van der Waals surface area contributed by atoms with E-state index in [1.165, 1.54) is 25.5 Å². The lowest BCUT2D eigenvalue weighted by molar-refractivity contribution is -0.422. The molecule has 0 unspecified atom stereocenters. The van der Waals surface area contributed by atoms with Crippen LogP contribution in [-0.2, 0) is 0 Å². The molecule has 0 radical (unpaired) electrons.